The zero-order valence-corrected chi connectivity index (χ0v) is 11.0. The van der Waals surface area contributed by atoms with Gasteiger partial charge in [-0.1, -0.05) is 11.2 Å². The smallest absolute Gasteiger partial charge is 0.239 e. The SMILES string of the molecule is N#Cc1cccc(SCc2nc(-c3ncn[nH]3)no2)c1. The molecular formula is C12H8N6OS. The van der Waals surface area contributed by atoms with Crippen molar-refractivity contribution in [2.45, 2.75) is 10.6 Å². The van der Waals surface area contributed by atoms with E-state index < -0.39 is 0 Å². The van der Waals surface area contributed by atoms with E-state index in [1.165, 1.54) is 18.1 Å². The van der Waals surface area contributed by atoms with Crippen LogP contribution in [-0.4, -0.2) is 25.3 Å². The summed E-state index contributed by atoms with van der Waals surface area (Å²) in [6.45, 7) is 0. The highest BCUT2D eigenvalue weighted by Gasteiger charge is 2.11. The quantitative estimate of drug-likeness (QED) is 0.731. The average molecular weight is 284 g/mol. The number of benzene rings is 1. The molecule has 3 aromatic rings. The zero-order chi connectivity index (χ0) is 13.8. The molecule has 3 rings (SSSR count). The van der Waals surface area contributed by atoms with Crippen LogP contribution in [0.3, 0.4) is 0 Å². The Morgan fingerprint density at radius 3 is 3.15 bits per heavy atom. The maximum Gasteiger partial charge on any atom is 0.239 e. The summed E-state index contributed by atoms with van der Waals surface area (Å²) in [7, 11) is 0. The highest BCUT2D eigenvalue weighted by Crippen LogP contribution is 2.23. The number of nitrogens with one attached hydrogen (secondary N) is 1. The molecule has 0 atom stereocenters. The van der Waals surface area contributed by atoms with Gasteiger partial charge in [0.05, 0.1) is 17.4 Å². The maximum absolute atomic E-state index is 8.84. The van der Waals surface area contributed by atoms with Crippen LogP contribution in [0, 0.1) is 11.3 Å². The number of hydrogen-bond acceptors (Lipinski definition) is 7. The Morgan fingerprint density at radius 2 is 2.35 bits per heavy atom. The van der Waals surface area contributed by atoms with Crippen LogP contribution < -0.4 is 0 Å². The first-order chi connectivity index (χ1) is 9.85. The van der Waals surface area contributed by atoms with E-state index in [0.717, 1.165) is 4.90 Å². The molecule has 0 amide bonds. The Morgan fingerprint density at radius 1 is 1.40 bits per heavy atom. The lowest BCUT2D eigenvalue weighted by molar-refractivity contribution is 0.391. The highest BCUT2D eigenvalue weighted by molar-refractivity contribution is 7.98. The van der Waals surface area contributed by atoms with Crippen LogP contribution in [0.5, 0.6) is 0 Å². The third kappa shape index (κ3) is 2.67. The van der Waals surface area contributed by atoms with E-state index in [-0.39, 0.29) is 0 Å². The molecule has 0 aliphatic heterocycles. The second-order valence-electron chi connectivity index (χ2n) is 3.77. The van der Waals surface area contributed by atoms with Crippen molar-refractivity contribution < 1.29 is 4.52 Å². The summed E-state index contributed by atoms with van der Waals surface area (Å²) in [4.78, 5) is 9.13. The lowest BCUT2D eigenvalue weighted by atomic mass is 10.2. The second-order valence-corrected chi connectivity index (χ2v) is 4.82. The lowest BCUT2D eigenvalue weighted by Crippen LogP contribution is -1.85. The predicted octanol–water partition coefficient (Wildman–Crippen LogP) is 2.02. The summed E-state index contributed by atoms with van der Waals surface area (Å²) in [6.07, 6.45) is 1.38. The number of aromatic nitrogens is 5. The molecule has 0 aliphatic rings. The first-order valence-corrected chi connectivity index (χ1v) is 6.65. The van der Waals surface area contributed by atoms with E-state index in [2.05, 4.69) is 31.4 Å². The van der Waals surface area contributed by atoms with Crippen molar-refractivity contribution in [2.24, 2.45) is 0 Å². The Kier molecular flexibility index (Phi) is 3.43. The minimum atomic E-state index is 0.379. The number of H-pyrrole nitrogens is 1. The molecule has 0 radical (unpaired) electrons. The summed E-state index contributed by atoms with van der Waals surface area (Å²) in [5, 5.41) is 19.1. The average Bonchev–Trinajstić information content (AvgIpc) is 3.16. The van der Waals surface area contributed by atoms with Gasteiger partial charge in [-0.2, -0.15) is 15.3 Å². The fourth-order valence-electron chi connectivity index (χ4n) is 1.52. The first-order valence-electron chi connectivity index (χ1n) is 5.66. The van der Waals surface area contributed by atoms with Gasteiger partial charge in [-0.05, 0) is 18.2 Å². The third-order valence-corrected chi connectivity index (χ3v) is 3.40. The summed E-state index contributed by atoms with van der Waals surface area (Å²) in [5.74, 6) is 1.86. The lowest BCUT2D eigenvalue weighted by Gasteiger charge is -1.98. The van der Waals surface area contributed by atoms with Crippen molar-refractivity contribution in [3.05, 3.63) is 42.0 Å². The largest absolute Gasteiger partial charge is 0.338 e. The van der Waals surface area contributed by atoms with Gasteiger partial charge in [-0.25, -0.2) is 4.98 Å². The monoisotopic (exact) mass is 284 g/mol. The molecular weight excluding hydrogens is 276 g/mol. The minimum Gasteiger partial charge on any atom is -0.338 e. The fourth-order valence-corrected chi connectivity index (χ4v) is 2.32. The molecule has 1 aromatic carbocycles. The van der Waals surface area contributed by atoms with Gasteiger partial charge in [0.15, 0.2) is 5.82 Å². The molecule has 0 saturated heterocycles. The van der Waals surface area contributed by atoms with Gasteiger partial charge < -0.3 is 4.52 Å². The van der Waals surface area contributed by atoms with Crippen LogP contribution in [0.25, 0.3) is 11.6 Å². The van der Waals surface area contributed by atoms with Gasteiger partial charge >= 0.3 is 0 Å². The molecule has 2 heterocycles. The molecule has 7 nitrogen and oxygen atoms in total. The van der Waals surface area contributed by atoms with Crippen molar-refractivity contribution in [2.75, 3.05) is 0 Å². The van der Waals surface area contributed by atoms with Crippen molar-refractivity contribution in [1.82, 2.24) is 25.3 Å². The first kappa shape index (κ1) is 12.4. The number of nitriles is 1. The normalized spacial score (nSPS) is 10.3. The Hall–Kier alpha value is -2.66. The van der Waals surface area contributed by atoms with E-state index in [1.54, 1.807) is 6.07 Å². The topological polar surface area (TPSA) is 104 Å². The van der Waals surface area contributed by atoms with Crippen molar-refractivity contribution in [1.29, 1.82) is 5.26 Å². The maximum atomic E-state index is 8.84. The molecule has 0 spiro atoms. The molecule has 0 fully saturated rings. The standard InChI is InChI=1S/C12H8N6OS/c13-5-8-2-1-3-9(4-8)20-6-10-16-12(18-19-10)11-14-7-15-17-11/h1-4,7H,6H2,(H,14,15,17). The van der Waals surface area contributed by atoms with E-state index in [4.69, 9.17) is 9.78 Å². The minimum absolute atomic E-state index is 0.379. The second kappa shape index (κ2) is 5.54. The molecule has 0 aliphatic carbocycles. The van der Waals surface area contributed by atoms with E-state index in [1.807, 2.05) is 18.2 Å². The molecule has 0 unspecified atom stereocenters. The number of rotatable bonds is 4. The summed E-state index contributed by atoms with van der Waals surface area (Å²) in [6, 6.07) is 9.46. The number of aromatic amines is 1. The summed E-state index contributed by atoms with van der Waals surface area (Å²) >= 11 is 1.52. The van der Waals surface area contributed by atoms with E-state index in [0.29, 0.717) is 28.9 Å². The van der Waals surface area contributed by atoms with E-state index in [9.17, 15) is 0 Å². The molecule has 98 valence electrons. The zero-order valence-electron chi connectivity index (χ0n) is 10.1. The van der Waals surface area contributed by atoms with Crippen LogP contribution in [-0.2, 0) is 5.75 Å². The Balaban J connectivity index is 1.68. The van der Waals surface area contributed by atoms with Crippen LogP contribution in [0.2, 0.25) is 0 Å². The number of hydrogen-bond donors (Lipinski definition) is 1. The van der Waals surface area contributed by atoms with Gasteiger partial charge in [0.2, 0.25) is 11.7 Å². The number of nitrogens with zero attached hydrogens (tertiary/aromatic N) is 5. The van der Waals surface area contributed by atoms with E-state index >= 15 is 0 Å². The molecule has 8 heteroatoms. The van der Waals surface area contributed by atoms with Crippen LogP contribution >= 0.6 is 11.8 Å². The summed E-state index contributed by atoms with van der Waals surface area (Å²) < 4.78 is 5.13. The van der Waals surface area contributed by atoms with Gasteiger partial charge in [0, 0.05) is 4.90 Å². The Bertz CT molecular complexity index is 745. The molecule has 1 N–H and O–H groups in total. The Labute approximate surface area is 118 Å². The predicted molar refractivity (Wildman–Crippen MR) is 70.4 cm³/mol. The molecule has 20 heavy (non-hydrogen) atoms. The van der Waals surface area contributed by atoms with Gasteiger partial charge in [0.25, 0.3) is 0 Å². The molecule has 0 saturated carbocycles. The van der Waals surface area contributed by atoms with Gasteiger partial charge in [-0.3, -0.25) is 5.10 Å². The van der Waals surface area contributed by atoms with Gasteiger partial charge in [0.1, 0.15) is 6.33 Å². The fraction of sp³-hybridized carbons (Fsp3) is 0.0833. The molecule has 0 bridgehead atoms. The third-order valence-electron chi connectivity index (χ3n) is 2.42. The van der Waals surface area contributed by atoms with Crippen molar-refractivity contribution >= 4 is 11.8 Å². The summed E-state index contributed by atoms with van der Waals surface area (Å²) in [5.41, 5.74) is 0.628. The van der Waals surface area contributed by atoms with Crippen LogP contribution in [0.15, 0.2) is 40.0 Å². The number of thioether (sulfide) groups is 1. The van der Waals surface area contributed by atoms with Crippen LogP contribution in [0.4, 0.5) is 0 Å². The van der Waals surface area contributed by atoms with Crippen molar-refractivity contribution in [3.63, 3.8) is 0 Å². The van der Waals surface area contributed by atoms with Crippen molar-refractivity contribution in [3.8, 4) is 17.7 Å². The highest BCUT2D eigenvalue weighted by atomic mass is 32.2. The molecule has 2 aromatic heterocycles. The van der Waals surface area contributed by atoms with Crippen LogP contribution in [0.1, 0.15) is 11.5 Å². The van der Waals surface area contributed by atoms with Gasteiger partial charge in [-0.15, -0.1) is 11.8 Å².